The Balaban J connectivity index is 1.56. The molecule has 0 radical (unpaired) electrons. The fourth-order valence-corrected chi connectivity index (χ4v) is 4.78. The Hall–Kier alpha value is 0. The first kappa shape index (κ1) is 6.45. The zero-order chi connectivity index (χ0) is 7.92. The molecule has 0 aromatic rings. The zero-order valence-electron chi connectivity index (χ0n) is 7.92. The van der Waals surface area contributed by atoms with Crippen LogP contribution in [0, 0.1) is 35.0 Å². The number of hydrogen-bond acceptors (Lipinski definition) is 0. The van der Waals surface area contributed by atoms with E-state index >= 15 is 0 Å². The molecule has 2 bridgehead atoms. The third kappa shape index (κ3) is 0.533. The highest BCUT2D eigenvalue weighted by Gasteiger charge is 2.73. The minimum absolute atomic E-state index is 0.950. The summed E-state index contributed by atoms with van der Waals surface area (Å²) in [6.07, 6.45) is 8.03. The van der Waals surface area contributed by atoms with Crippen LogP contribution in [0.5, 0.6) is 0 Å². The molecule has 5 fully saturated rings. The third-order valence-electron chi connectivity index (χ3n) is 5.75. The standard InChI is InChI=1S/C12H18/c1-7-5-12(7)6-10(12)11-8-2-3-9(11)4-8/h7-11H,2-6H2,1H3. The lowest BCUT2D eigenvalue weighted by Gasteiger charge is -2.36. The lowest BCUT2D eigenvalue weighted by molar-refractivity contribution is 0.121. The highest BCUT2D eigenvalue weighted by atomic mass is 14.8. The molecule has 0 heteroatoms. The first-order chi connectivity index (χ1) is 5.81. The molecule has 5 saturated carbocycles. The molecule has 5 rings (SSSR count). The van der Waals surface area contributed by atoms with Gasteiger partial charge in [0.1, 0.15) is 0 Å². The van der Waals surface area contributed by atoms with Crippen LogP contribution in [0.15, 0.2) is 0 Å². The summed E-state index contributed by atoms with van der Waals surface area (Å²) in [7, 11) is 0. The van der Waals surface area contributed by atoms with Gasteiger partial charge in [-0.15, -0.1) is 0 Å². The summed E-state index contributed by atoms with van der Waals surface area (Å²) in [5.41, 5.74) is 0.950. The van der Waals surface area contributed by atoms with Crippen molar-refractivity contribution in [1.82, 2.24) is 0 Å². The van der Waals surface area contributed by atoms with Crippen LogP contribution >= 0.6 is 0 Å². The Morgan fingerprint density at radius 3 is 2.17 bits per heavy atom. The van der Waals surface area contributed by atoms with E-state index in [0.29, 0.717) is 0 Å². The van der Waals surface area contributed by atoms with Gasteiger partial charge in [-0.05, 0) is 67.1 Å². The maximum absolute atomic E-state index is 2.47. The third-order valence-corrected chi connectivity index (χ3v) is 5.75. The Morgan fingerprint density at radius 1 is 1.08 bits per heavy atom. The van der Waals surface area contributed by atoms with Gasteiger partial charge in [-0.3, -0.25) is 0 Å². The Bertz CT molecular complexity index is 230. The summed E-state index contributed by atoms with van der Waals surface area (Å²) in [4.78, 5) is 0. The summed E-state index contributed by atoms with van der Waals surface area (Å²) in [6.45, 7) is 2.47. The Kier molecular flexibility index (Phi) is 0.875. The zero-order valence-corrected chi connectivity index (χ0v) is 7.92. The van der Waals surface area contributed by atoms with E-state index in [1.807, 2.05) is 0 Å². The molecule has 0 saturated heterocycles. The number of rotatable bonds is 1. The van der Waals surface area contributed by atoms with Crippen molar-refractivity contribution in [1.29, 1.82) is 0 Å². The van der Waals surface area contributed by atoms with Gasteiger partial charge in [0, 0.05) is 0 Å². The highest BCUT2D eigenvalue weighted by molar-refractivity contribution is 5.21. The van der Waals surface area contributed by atoms with E-state index in [1.54, 1.807) is 32.1 Å². The van der Waals surface area contributed by atoms with Crippen molar-refractivity contribution in [2.45, 2.75) is 39.0 Å². The molecule has 0 amide bonds. The van der Waals surface area contributed by atoms with Gasteiger partial charge in [0.25, 0.3) is 0 Å². The van der Waals surface area contributed by atoms with Crippen LogP contribution in [0.2, 0.25) is 0 Å². The van der Waals surface area contributed by atoms with E-state index in [9.17, 15) is 0 Å². The molecule has 0 heterocycles. The highest BCUT2D eigenvalue weighted by Crippen LogP contribution is 2.80. The molecular formula is C12H18. The van der Waals surface area contributed by atoms with Gasteiger partial charge in [-0.2, -0.15) is 0 Å². The molecule has 0 aromatic carbocycles. The van der Waals surface area contributed by atoms with E-state index in [1.165, 1.54) is 23.7 Å². The van der Waals surface area contributed by atoms with Crippen LogP contribution < -0.4 is 0 Å². The van der Waals surface area contributed by atoms with Gasteiger partial charge < -0.3 is 0 Å². The van der Waals surface area contributed by atoms with Crippen LogP contribution in [-0.4, -0.2) is 0 Å². The second-order valence-corrected chi connectivity index (χ2v) is 6.06. The maximum atomic E-state index is 2.47. The summed E-state index contributed by atoms with van der Waals surface area (Å²) >= 11 is 0. The minimum Gasteiger partial charge on any atom is -0.0619 e. The van der Waals surface area contributed by atoms with E-state index in [4.69, 9.17) is 0 Å². The average molecular weight is 162 g/mol. The second kappa shape index (κ2) is 1.63. The average Bonchev–Trinajstić information content (AvgIpc) is 2.75. The Morgan fingerprint density at radius 2 is 1.75 bits per heavy atom. The molecule has 5 unspecified atom stereocenters. The van der Waals surface area contributed by atoms with Gasteiger partial charge in [-0.25, -0.2) is 0 Å². The normalized spacial score (nSPS) is 71.2. The number of fused-ring (bicyclic) bond motifs is 1. The smallest absolute Gasteiger partial charge is 0.0235 e. The Labute approximate surface area is 74.7 Å². The van der Waals surface area contributed by atoms with Crippen LogP contribution in [0.25, 0.3) is 0 Å². The van der Waals surface area contributed by atoms with Crippen molar-refractivity contribution >= 4 is 0 Å². The lowest BCUT2D eigenvalue weighted by atomic mass is 9.69. The fourth-order valence-electron chi connectivity index (χ4n) is 4.78. The predicted octanol–water partition coefficient (Wildman–Crippen LogP) is 3.08. The molecule has 0 aliphatic heterocycles. The monoisotopic (exact) mass is 162 g/mol. The SMILES string of the molecule is CC1CC12CC2C1C2CCC1C2. The van der Waals surface area contributed by atoms with Crippen LogP contribution in [0.3, 0.4) is 0 Å². The van der Waals surface area contributed by atoms with Crippen LogP contribution in [0.4, 0.5) is 0 Å². The first-order valence-electron chi connectivity index (χ1n) is 5.81. The van der Waals surface area contributed by atoms with Crippen LogP contribution in [0.1, 0.15) is 39.0 Å². The largest absolute Gasteiger partial charge is 0.0619 e. The van der Waals surface area contributed by atoms with Crippen molar-refractivity contribution in [2.75, 3.05) is 0 Å². The quantitative estimate of drug-likeness (QED) is 0.556. The van der Waals surface area contributed by atoms with Gasteiger partial charge in [0.05, 0.1) is 0 Å². The molecule has 0 aromatic heterocycles. The summed E-state index contributed by atoms with van der Waals surface area (Å²) in [5.74, 6) is 5.97. The lowest BCUT2D eigenvalue weighted by Crippen LogP contribution is -2.30. The van der Waals surface area contributed by atoms with E-state index in [-0.39, 0.29) is 0 Å². The van der Waals surface area contributed by atoms with Crippen molar-refractivity contribution < 1.29 is 0 Å². The minimum atomic E-state index is 0.950. The molecule has 1 spiro atoms. The van der Waals surface area contributed by atoms with Crippen molar-refractivity contribution in [2.24, 2.45) is 35.0 Å². The number of hydrogen-bond donors (Lipinski definition) is 0. The fraction of sp³-hybridized carbons (Fsp3) is 1.00. The summed E-state index contributed by atoms with van der Waals surface area (Å²) in [5, 5.41) is 0. The van der Waals surface area contributed by atoms with Crippen molar-refractivity contribution in [3.63, 3.8) is 0 Å². The molecule has 66 valence electrons. The molecule has 0 N–H and O–H groups in total. The summed E-state index contributed by atoms with van der Waals surface area (Å²) in [6, 6.07) is 0. The van der Waals surface area contributed by atoms with Crippen LogP contribution in [-0.2, 0) is 0 Å². The van der Waals surface area contributed by atoms with Gasteiger partial charge >= 0.3 is 0 Å². The molecule has 5 aliphatic rings. The summed E-state index contributed by atoms with van der Waals surface area (Å²) < 4.78 is 0. The molecule has 5 atom stereocenters. The molecule has 0 nitrogen and oxygen atoms in total. The molecule has 12 heavy (non-hydrogen) atoms. The first-order valence-corrected chi connectivity index (χ1v) is 5.81. The van der Waals surface area contributed by atoms with E-state index in [2.05, 4.69) is 6.92 Å². The predicted molar refractivity (Wildman–Crippen MR) is 48.6 cm³/mol. The maximum Gasteiger partial charge on any atom is -0.0235 e. The van der Waals surface area contributed by atoms with Crippen molar-refractivity contribution in [3.05, 3.63) is 0 Å². The molecular weight excluding hydrogens is 144 g/mol. The second-order valence-electron chi connectivity index (χ2n) is 6.06. The van der Waals surface area contributed by atoms with Crippen molar-refractivity contribution in [3.8, 4) is 0 Å². The van der Waals surface area contributed by atoms with Gasteiger partial charge in [0.15, 0.2) is 0 Å². The van der Waals surface area contributed by atoms with Gasteiger partial charge in [0.2, 0.25) is 0 Å². The van der Waals surface area contributed by atoms with Gasteiger partial charge in [-0.1, -0.05) is 6.92 Å². The van der Waals surface area contributed by atoms with E-state index < -0.39 is 0 Å². The topological polar surface area (TPSA) is 0 Å². The molecule has 5 aliphatic carbocycles. The van der Waals surface area contributed by atoms with E-state index in [0.717, 1.165) is 11.3 Å².